The molecule has 2 rings (SSSR count). The number of rotatable bonds is 4. The van der Waals surface area contributed by atoms with E-state index in [-0.39, 0.29) is 17.0 Å². The molecule has 0 aromatic heterocycles. The van der Waals surface area contributed by atoms with Gasteiger partial charge in [-0.3, -0.25) is 14.9 Å². The fourth-order valence-electron chi connectivity index (χ4n) is 1.85. The number of hydrogen-bond acceptors (Lipinski definition) is 4. The fourth-order valence-corrected chi connectivity index (χ4v) is 2.09. The van der Waals surface area contributed by atoms with Crippen LogP contribution in [0.15, 0.2) is 48.5 Å². The van der Waals surface area contributed by atoms with Crippen LogP contribution in [0.4, 0.5) is 11.4 Å². The number of nitrogens with zero attached hydrogens (tertiary/aromatic N) is 1. The van der Waals surface area contributed by atoms with Gasteiger partial charge < -0.3 is 5.32 Å². The van der Waals surface area contributed by atoms with E-state index in [1.807, 2.05) is 30.3 Å². The van der Waals surface area contributed by atoms with E-state index in [0.29, 0.717) is 10.6 Å². The van der Waals surface area contributed by atoms with Crippen molar-refractivity contribution in [3.05, 3.63) is 69.8 Å². The zero-order valence-electron chi connectivity index (χ0n) is 11.2. The van der Waals surface area contributed by atoms with Crippen LogP contribution in [0, 0.1) is 10.1 Å². The second-order valence-electron chi connectivity index (χ2n) is 4.37. The lowest BCUT2D eigenvalue weighted by molar-refractivity contribution is -0.385. The van der Waals surface area contributed by atoms with Crippen LogP contribution in [0.3, 0.4) is 0 Å². The first kappa shape index (κ1) is 14.8. The number of benzene rings is 2. The first-order valence-corrected chi connectivity index (χ1v) is 6.55. The van der Waals surface area contributed by atoms with Crippen molar-refractivity contribution < 1.29 is 9.72 Å². The average Bonchev–Trinajstić information content (AvgIpc) is 2.47. The third kappa shape index (κ3) is 3.49. The van der Waals surface area contributed by atoms with Crippen LogP contribution in [-0.2, 0) is 0 Å². The van der Waals surface area contributed by atoms with Gasteiger partial charge in [0.1, 0.15) is 4.99 Å². The standard InChI is InChI=1S/C15H12N2O3S/c1-10(18)13-8-7-11(9-14(13)17(19)20)15(21)16-12-5-3-2-4-6-12/h2-9H,1H3,(H,16,21). The number of thiocarbonyl (C=S) groups is 1. The molecule has 0 aliphatic carbocycles. The van der Waals surface area contributed by atoms with Crippen molar-refractivity contribution in [3.8, 4) is 0 Å². The second kappa shape index (κ2) is 6.23. The number of anilines is 1. The van der Waals surface area contributed by atoms with Gasteiger partial charge in [0.05, 0.1) is 10.5 Å². The molecule has 1 N–H and O–H groups in total. The van der Waals surface area contributed by atoms with Gasteiger partial charge in [-0.05, 0) is 25.1 Å². The predicted molar refractivity (Wildman–Crippen MR) is 84.9 cm³/mol. The van der Waals surface area contributed by atoms with E-state index >= 15 is 0 Å². The molecule has 0 saturated heterocycles. The minimum atomic E-state index is -0.578. The van der Waals surface area contributed by atoms with E-state index in [2.05, 4.69) is 5.32 Å². The minimum absolute atomic E-state index is 0.0752. The third-order valence-electron chi connectivity index (χ3n) is 2.87. The number of nitrogens with one attached hydrogen (secondary N) is 1. The molecule has 0 fully saturated rings. The molecule has 6 heteroatoms. The van der Waals surface area contributed by atoms with Gasteiger partial charge in [0.2, 0.25) is 0 Å². The lowest BCUT2D eigenvalue weighted by Crippen LogP contribution is -2.11. The van der Waals surface area contributed by atoms with Crippen molar-refractivity contribution >= 4 is 34.4 Å². The van der Waals surface area contributed by atoms with Gasteiger partial charge in [0.25, 0.3) is 5.69 Å². The van der Waals surface area contributed by atoms with Crippen LogP contribution in [-0.4, -0.2) is 15.7 Å². The Labute approximate surface area is 126 Å². The van der Waals surface area contributed by atoms with Crippen molar-refractivity contribution in [1.82, 2.24) is 0 Å². The van der Waals surface area contributed by atoms with Gasteiger partial charge >= 0.3 is 0 Å². The Balaban J connectivity index is 2.32. The molecule has 0 unspecified atom stereocenters. The van der Waals surface area contributed by atoms with Crippen molar-refractivity contribution in [1.29, 1.82) is 0 Å². The van der Waals surface area contributed by atoms with Gasteiger partial charge in [0.15, 0.2) is 5.78 Å². The molecule has 0 spiro atoms. The molecule has 0 radical (unpaired) electrons. The molecule has 0 bridgehead atoms. The quantitative estimate of drug-likeness (QED) is 0.404. The van der Waals surface area contributed by atoms with E-state index in [9.17, 15) is 14.9 Å². The highest BCUT2D eigenvalue weighted by molar-refractivity contribution is 7.81. The Hall–Kier alpha value is -2.60. The Bertz CT molecular complexity index is 714. The van der Waals surface area contributed by atoms with Crippen molar-refractivity contribution in [2.75, 3.05) is 5.32 Å². The summed E-state index contributed by atoms with van der Waals surface area (Å²) in [6, 6.07) is 13.6. The van der Waals surface area contributed by atoms with Crippen LogP contribution in [0.5, 0.6) is 0 Å². The normalized spacial score (nSPS) is 9.95. The zero-order chi connectivity index (χ0) is 15.4. The van der Waals surface area contributed by atoms with E-state index in [1.165, 1.54) is 19.1 Å². The highest BCUT2D eigenvalue weighted by Gasteiger charge is 2.19. The number of carbonyl (C=O) groups excluding carboxylic acids is 1. The summed E-state index contributed by atoms with van der Waals surface area (Å²) in [4.78, 5) is 22.2. The number of nitro benzene ring substituents is 1. The van der Waals surface area contributed by atoms with Crippen LogP contribution in [0.1, 0.15) is 22.8 Å². The molecule has 0 amide bonds. The maximum atomic E-state index is 11.4. The zero-order valence-corrected chi connectivity index (χ0v) is 12.0. The topological polar surface area (TPSA) is 72.2 Å². The Morgan fingerprint density at radius 2 is 1.86 bits per heavy atom. The Kier molecular flexibility index (Phi) is 4.39. The molecule has 106 valence electrons. The van der Waals surface area contributed by atoms with Gasteiger partial charge in [-0.15, -0.1) is 0 Å². The molecule has 0 aliphatic heterocycles. The number of para-hydroxylation sites is 1. The monoisotopic (exact) mass is 300 g/mol. The van der Waals surface area contributed by atoms with Crippen LogP contribution in [0.2, 0.25) is 0 Å². The van der Waals surface area contributed by atoms with E-state index in [1.54, 1.807) is 6.07 Å². The summed E-state index contributed by atoms with van der Waals surface area (Å²) in [6.45, 7) is 1.29. The molecular formula is C15H12N2O3S. The summed E-state index contributed by atoms with van der Waals surface area (Å²) in [5, 5.41) is 14.0. The molecule has 0 atom stereocenters. The summed E-state index contributed by atoms with van der Waals surface area (Å²) in [5.41, 5.74) is 1.12. The first-order valence-electron chi connectivity index (χ1n) is 6.15. The van der Waals surface area contributed by atoms with Gasteiger partial charge in [-0.25, -0.2) is 0 Å². The molecule has 0 aliphatic rings. The van der Waals surface area contributed by atoms with Gasteiger partial charge in [-0.2, -0.15) is 0 Å². The molecule has 2 aromatic carbocycles. The smallest absolute Gasteiger partial charge is 0.280 e. The van der Waals surface area contributed by atoms with E-state index in [0.717, 1.165) is 5.69 Å². The van der Waals surface area contributed by atoms with E-state index in [4.69, 9.17) is 12.2 Å². The summed E-state index contributed by atoms with van der Waals surface area (Å²) in [7, 11) is 0. The molecule has 5 nitrogen and oxygen atoms in total. The van der Waals surface area contributed by atoms with Gasteiger partial charge in [0, 0.05) is 17.3 Å². The predicted octanol–water partition coefficient (Wildman–Crippen LogP) is 3.59. The summed E-state index contributed by atoms with van der Waals surface area (Å²) in [6.07, 6.45) is 0. The van der Waals surface area contributed by atoms with Crippen molar-refractivity contribution in [2.45, 2.75) is 6.92 Å². The Morgan fingerprint density at radius 3 is 2.43 bits per heavy atom. The fraction of sp³-hybridized carbons (Fsp3) is 0.0667. The number of carbonyl (C=O) groups is 1. The minimum Gasteiger partial charge on any atom is -0.346 e. The van der Waals surface area contributed by atoms with Gasteiger partial charge in [-0.1, -0.05) is 36.5 Å². The largest absolute Gasteiger partial charge is 0.346 e. The average molecular weight is 300 g/mol. The van der Waals surface area contributed by atoms with Crippen molar-refractivity contribution in [2.24, 2.45) is 0 Å². The van der Waals surface area contributed by atoms with Crippen LogP contribution >= 0.6 is 12.2 Å². The van der Waals surface area contributed by atoms with Crippen molar-refractivity contribution in [3.63, 3.8) is 0 Å². The summed E-state index contributed by atoms with van der Waals surface area (Å²) >= 11 is 5.24. The van der Waals surface area contributed by atoms with E-state index < -0.39 is 4.92 Å². The lowest BCUT2D eigenvalue weighted by atomic mass is 10.1. The van der Waals surface area contributed by atoms with Crippen LogP contribution < -0.4 is 5.32 Å². The number of ketones is 1. The van der Waals surface area contributed by atoms with Crippen LogP contribution in [0.25, 0.3) is 0 Å². The number of Topliss-reactive ketones (excluding diaryl/α,β-unsaturated/α-hetero) is 1. The SMILES string of the molecule is CC(=O)c1ccc(C(=S)Nc2ccccc2)cc1[N+](=O)[O-]. The molecule has 0 saturated carbocycles. The second-order valence-corrected chi connectivity index (χ2v) is 4.77. The highest BCUT2D eigenvalue weighted by atomic mass is 32.1. The summed E-state index contributed by atoms with van der Waals surface area (Å²) in [5.74, 6) is -0.352. The number of nitro groups is 1. The summed E-state index contributed by atoms with van der Waals surface area (Å²) < 4.78 is 0. The Morgan fingerprint density at radius 1 is 1.19 bits per heavy atom. The molecular weight excluding hydrogens is 288 g/mol. The lowest BCUT2D eigenvalue weighted by Gasteiger charge is -2.08. The number of hydrogen-bond donors (Lipinski definition) is 1. The molecule has 2 aromatic rings. The molecule has 21 heavy (non-hydrogen) atoms. The highest BCUT2D eigenvalue weighted by Crippen LogP contribution is 2.22. The maximum Gasteiger partial charge on any atom is 0.280 e. The first-order chi connectivity index (χ1) is 9.99. The maximum absolute atomic E-state index is 11.4. The molecule has 0 heterocycles. The third-order valence-corrected chi connectivity index (χ3v) is 3.21.